The zero-order valence-electron chi connectivity index (χ0n) is 9.02. The van der Waals surface area contributed by atoms with E-state index in [2.05, 4.69) is 45.2 Å². The average molecular weight is 173 g/mol. The van der Waals surface area contributed by atoms with E-state index in [0.29, 0.717) is 6.04 Å². The molecule has 0 fully saturated rings. The Bertz CT molecular complexity index is 119. The molecule has 1 unspecified atom stereocenters. The lowest BCUT2D eigenvalue weighted by Gasteiger charge is -2.43. The van der Waals surface area contributed by atoms with Gasteiger partial charge in [-0.2, -0.15) is 0 Å². The van der Waals surface area contributed by atoms with Crippen molar-refractivity contribution in [1.29, 1.82) is 0 Å². The van der Waals surface area contributed by atoms with Gasteiger partial charge in [-0.3, -0.25) is 11.3 Å². The van der Waals surface area contributed by atoms with Crippen molar-refractivity contribution < 1.29 is 0 Å². The molecule has 0 aliphatic carbocycles. The fourth-order valence-corrected chi connectivity index (χ4v) is 2.04. The Morgan fingerprint density at radius 1 is 1.33 bits per heavy atom. The minimum atomic E-state index is 0.189. The van der Waals surface area contributed by atoms with E-state index >= 15 is 0 Å². The van der Waals surface area contributed by atoms with Gasteiger partial charge in [0.1, 0.15) is 0 Å². The maximum Gasteiger partial charge on any atom is 0.0366 e. The van der Waals surface area contributed by atoms with E-state index in [1.54, 1.807) is 0 Å². The van der Waals surface area contributed by atoms with Crippen molar-refractivity contribution in [2.45, 2.75) is 45.2 Å². The lowest BCUT2D eigenvalue weighted by atomic mass is 9.84. The van der Waals surface area contributed by atoms with E-state index in [1.807, 2.05) is 0 Å². The minimum absolute atomic E-state index is 0.189. The molecular formula is C9H23N3. The summed E-state index contributed by atoms with van der Waals surface area (Å²) in [6, 6.07) is 0.322. The third kappa shape index (κ3) is 1.97. The van der Waals surface area contributed by atoms with Crippen molar-refractivity contribution in [1.82, 2.24) is 10.3 Å². The van der Waals surface area contributed by atoms with Gasteiger partial charge in [-0.15, -0.1) is 0 Å². The van der Waals surface area contributed by atoms with Crippen molar-refractivity contribution in [3.8, 4) is 0 Å². The fourth-order valence-electron chi connectivity index (χ4n) is 2.04. The molecule has 0 heterocycles. The maximum atomic E-state index is 5.47. The molecule has 3 N–H and O–H groups in total. The van der Waals surface area contributed by atoms with E-state index in [1.165, 1.54) is 0 Å². The number of hydrogen-bond donors (Lipinski definition) is 2. The number of hydrogen-bond acceptors (Lipinski definition) is 3. The van der Waals surface area contributed by atoms with Crippen molar-refractivity contribution in [2.24, 2.45) is 5.84 Å². The monoisotopic (exact) mass is 173 g/mol. The van der Waals surface area contributed by atoms with Crippen molar-refractivity contribution in [2.75, 3.05) is 14.1 Å². The molecular weight excluding hydrogens is 150 g/mol. The summed E-state index contributed by atoms with van der Waals surface area (Å²) in [5, 5.41) is 0. The second-order valence-corrected chi connectivity index (χ2v) is 3.59. The average Bonchev–Trinajstić information content (AvgIpc) is 2.06. The molecule has 3 heteroatoms. The summed E-state index contributed by atoms with van der Waals surface area (Å²) in [6.45, 7) is 6.54. The van der Waals surface area contributed by atoms with Crippen molar-refractivity contribution >= 4 is 0 Å². The van der Waals surface area contributed by atoms with Crippen LogP contribution in [0.4, 0.5) is 0 Å². The summed E-state index contributed by atoms with van der Waals surface area (Å²) in [4.78, 5) is 2.26. The largest absolute Gasteiger partial charge is 0.302 e. The molecule has 74 valence electrons. The van der Waals surface area contributed by atoms with Gasteiger partial charge in [0.25, 0.3) is 0 Å². The van der Waals surface area contributed by atoms with Crippen LogP contribution in [0.1, 0.15) is 33.6 Å². The van der Waals surface area contributed by atoms with Crippen LogP contribution in [0.15, 0.2) is 0 Å². The lowest BCUT2D eigenvalue weighted by Crippen LogP contribution is -2.58. The number of rotatable bonds is 5. The zero-order valence-corrected chi connectivity index (χ0v) is 9.02. The van der Waals surface area contributed by atoms with Gasteiger partial charge in [0.15, 0.2) is 0 Å². The predicted octanol–water partition coefficient (Wildman–Crippen LogP) is 0.959. The third-order valence-electron chi connectivity index (χ3n) is 3.17. The third-order valence-corrected chi connectivity index (χ3v) is 3.17. The van der Waals surface area contributed by atoms with Crippen molar-refractivity contribution in [3.05, 3.63) is 0 Å². The molecule has 3 nitrogen and oxygen atoms in total. The molecule has 0 aliphatic rings. The summed E-state index contributed by atoms with van der Waals surface area (Å²) in [6.07, 6.45) is 2.23. The minimum Gasteiger partial charge on any atom is -0.302 e. The first-order chi connectivity index (χ1) is 5.55. The normalized spacial score (nSPS) is 15.2. The van der Waals surface area contributed by atoms with E-state index < -0.39 is 0 Å². The van der Waals surface area contributed by atoms with Gasteiger partial charge in [-0.05, 0) is 33.9 Å². The van der Waals surface area contributed by atoms with E-state index in [0.717, 1.165) is 12.8 Å². The standard InChI is InChI=1S/C9H23N3/c1-6-9(7-2,12(4)5)8(3)11-10/h8,11H,6-7,10H2,1-5H3. The Kier molecular flexibility index (Phi) is 4.75. The number of nitrogens with one attached hydrogen (secondary N) is 1. The van der Waals surface area contributed by atoms with Crippen LogP contribution in [0.3, 0.4) is 0 Å². The second kappa shape index (κ2) is 4.80. The van der Waals surface area contributed by atoms with Gasteiger partial charge in [0.2, 0.25) is 0 Å². The Balaban J connectivity index is 4.56. The molecule has 0 spiro atoms. The van der Waals surface area contributed by atoms with Gasteiger partial charge < -0.3 is 4.90 Å². The molecule has 1 atom stereocenters. The summed E-state index contributed by atoms with van der Waals surface area (Å²) >= 11 is 0. The number of hydrazine groups is 1. The number of nitrogens with zero attached hydrogens (tertiary/aromatic N) is 1. The van der Waals surface area contributed by atoms with E-state index in [9.17, 15) is 0 Å². The van der Waals surface area contributed by atoms with Gasteiger partial charge in [-0.1, -0.05) is 13.8 Å². The van der Waals surface area contributed by atoms with E-state index in [-0.39, 0.29) is 5.54 Å². The van der Waals surface area contributed by atoms with Gasteiger partial charge in [-0.25, -0.2) is 0 Å². The Hall–Kier alpha value is -0.120. The molecule has 0 aromatic carbocycles. The first-order valence-electron chi connectivity index (χ1n) is 4.68. The predicted molar refractivity (Wildman–Crippen MR) is 53.8 cm³/mol. The highest BCUT2D eigenvalue weighted by atomic mass is 15.3. The summed E-state index contributed by atoms with van der Waals surface area (Å²) in [5.41, 5.74) is 3.04. The molecule has 0 saturated carbocycles. The van der Waals surface area contributed by atoms with Crippen molar-refractivity contribution in [3.63, 3.8) is 0 Å². The molecule has 0 amide bonds. The highest BCUT2D eigenvalue weighted by Gasteiger charge is 2.34. The molecule has 0 aromatic rings. The molecule has 0 saturated heterocycles. The van der Waals surface area contributed by atoms with Crippen LogP contribution >= 0.6 is 0 Å². The summed E-state index contributed by atoms with van der Waals surface area (Å²) in [7, 11) is 4.22. The highest BCUT2D eigenvalue weighted by Crippen LogP contribution is 2.24. The van der Waals surface area contributed by atoms with Crippen LogP contribution in [-0.4, -0.2) is 30.6 Å². The van der Waals surface area contributed by atoms with Crippen LogP contribution in [0.25, 0.3) is 0 Å². The molecule has 0 aromatic heterocycles. The second-order valence-electron chi connectivity index (χ2n) is 3.59. The lowest BCUT2D eigenvalue weighted by molar-refractivity contribution is 0.0962. The Morgan fingerprint density at radius 2 is 1.75 bits per heavy atom. The molecule has 12 heavy (non-hydrogen) atoms. The van der Waals surface area contributed by atoms with Gasteiger partial charge in [0.05, 0.1) is 0 Å². The van der Waals surface area contributed by atoms with Crippen LogP contribution < -0.4 is 11.3 Å². The number of likely N-dealkylation sites (N-methyl/N-ethyl adjacent to an activating group) is 1. The molecule has 0 rings (SSSR count). The molecule has 0 bridgehead atoms. The fraction of sp³-hybridized carbons (Fsp3) is 1.00. The van der Waals surface area contributed by atoms with Gasteiger partial charge >= 0.3 is 0 Å². The first kappa shape index (κ1) is 11.9. The molecule has 0 radical (unpaired) electrons. The van der Waals surface area contributed by atoms with Crippen LogP contribution in [0.2, 0.25) is 0 Å². The van der Waals surface area contributed by atoms with Crippen LogP contribution in [0, 0.1) is 0 Å². The summed E-state index contributed by atoms with van der Waals surface area (Å²) < 4.78 is 0. The molecule has 0 aliphatic heterocycles. The Morgan fingerprint density at radius 3 is 1.83 bits per heavy atom. The topological polar surface area (TPSA) is 41.3 Å². The van der Waals surface area contributed by atoms with E-state index in [4.69, 9.17) is 5.84 Å². The highest BCUT2D eigenvalue weighted by molar-refractivity contribution is 4.93. The zero-order chi connectivity index (χ0) is 9.78. The SMILES string of the molecule is CCC(CC)(C(C)NN)N(C)C. The van der Waals surface area contributed by atoms with Crippen LogP contribution in [0.5, 0.6) is 0 Å². The van der Waals surface area contributed by atoms with Crippen LogP contribution in [-0.2, 0) is 0 Å². The quantitative estimate of drug-likeness (QED) is 0.480. The number of nitrogens with two attached hydrogens (primary N) is 1. The smallest absolute Gasteiger partial charge is 0.0366 e. The first-order valence-corrected chi connectivity index (χ1v) is 4.68. The maximum absolute atomic E-state index is 5.47. The Labute approximate surface area is 76.3 Å². The summed E-state index contributed by atoms with van der Waals surface area (Å²) in [5.74, 6) is 5.47. The van der Waals surface area contributed by atoms with Gasteiger partial charge in [0, 0.05) is 11.6 Å².